The minimum atomic E-state index is -0.443. The number of aryl methyl sites for hydroxylation is 1. The van der Waals surface area contributed by atoms with Crippen LogP contribution in [0.3, 0.4) is 0 Å². The van der Waals surface area contributed by atoms with Gasteiger partial charge in [0, 0.05) is 36.5 Å². The van der Waals surface area contributed by atoms with Gasteiger partial charge in [0.15, 0.2) is 0 Å². The molecular weight excluding hydrogens is 322 g/mol. The van der Waals surface area contributed by atoms with Crippen molar-refractivity contribution < 1.29 is 14.8 Å². The van der Waals surface area contributed by atoms with Gasteiger partial charge in [0.2, 0.25) is 5.91 Å². The van der Waals surface area contributed by atoms with E-state index in [0.29, 0.717) is 25.1 Å². The van der Waals surface area contributed by atoms with Crippen molar-refractivity contribution in [3.8, 4) is 0 Å². The standard InChI is InChI=1S/C18H21N3O4/c1-13-4-5-14(12-22)11-17(13)20-18(23)3-2-10-19-15-6-8-16(9-7-15)21(24)25/h4-9,11,19,22H,2-3,10,12H2,1H3,(H,20,23). The van der Waals surface area contributed by atoms with Gasteiger partial charge >= 0.3 is 0 Å². The SMILES string of the molecule is Cc1ccc(CO)cc1NC(=O)CCCNc1ccc([N+](=O)[O-])cc1. The molecule has 25 heavy (non-hydrogen) atoms. The lowest BCUT2D eigenvalue weighted by molar-refractivity contribution is -0.384. The van der Waals surface area contributed by atoms with Gasteiger partial charge in [-0.3, -0.25) is 14.9 Å². The molecule has 0 radical (unpaired) electrons. The van der Waals surface area contributed by atoms with Crippen LogP contribution in [0.1, 0.15) is 24.0 Å². The summed E-state index contributed by atoms with van der Waals surface area (Å²) in [5.41, 5.74) is 3.22. The Morgan fingerprint density at radius 3 is 2.56 bits per heavy atom. The van der Waals surface area contributed by atoms with Crippen LogP contribution < -0.4 is 10.6 Å². The molecule has 2 aromatic carbocycles. The van der Waals surface area contributed by atoms with Gasteiger partial charge in [-0.15, -0.1) is 0 Å². The number of anilines is 2. The second-order valence-electron chi connectivity index (χ2n) is 5.69. The molecule has 0 saturated carbocycles. The van der Waals surface area contributed by atoms with Gasteiger partial charge in [-0.25, -0.2) is 0 Å². The number of carbonyl (C=O) groups excluding carboxylic acids is 1. The number of benzene rings is 2. The molecular formula is C18H21N3O4. The van der Waals surface area contributed by atoms with Gasteiger partial charge in [-0.05, 0) is 42.7 Å². The van der Waals surface area contributed by atoms with Crippen LogP contribution in [0.25, 0.3) is 0 Å². The Hall–Kier alpha value is -2.93. The molecule has 0 bridgehead atoms. The fourth-order valence-electron chi connectivity index (χ4n) is 2.30. The molecule has 0 atom stereocenters. The highest BCUT2D eigenvalue weighted by molar-refractivity contribution is 5.91. The van der Waals surface area contributed by atoms with Gasteiger partial charge < -0.3 is 15.7 Å². The number of amides is 1. The van der Waals surface area contributed by atoms with E-state index in [4.69, 9.17) is 5.11 Å². The van der Waals surface area contributed by atoms with E-state index in [1.54, 1.807) is 18.2 Å². The van der Waals surface area contributed by atoms with E-state index in [2.05, 4.69) is 10.6 Å². The van der Waals surface area contributed by atoms with E-state index in [9.17, 15) is 14.9 Å². The van der Waals surface area contributed by atoms with Crippen LogP contribution in [0.4, 0.5) is 17.1 Å². The summed E-state index contributed by atoms with van der Waals surface area (Å²) in [7, 11) is 0. The molecule has 0 spiro atoms. The number of carbonyl (C=O) groups is 1. The Morgan fingerprint density at radius 2 is 1.92 bits per heavy atom. The average molecular weight is 343 g/mol. The first-order valence-electron chi connectivity index (χ1n) is 7.98. The zero-order valence-corrected chi connectivity index (χ0v) is 14.0. The van der Waals surface area contributed by atoms with E-state index in [0.717, 1.165) is 16.8 Å². The third-order valence-electron chi connectivity index (χ3n) is 3.75. The van der Waals surface area contributed by atoms with Gasteiger partial charge in [0.25, 0.3) is 5.69 Å². The minimum absolute atomic E-state index is 0.0467. The zero-order chi connectivity index (χ0) is 18.2. The quantitative estimate of drug-likeness (QED) is 0.388. The van der Waals surface area contributed by atoms with Crippen LogP contribution in [-0.4, -0.2) is 22.5 Å². The smallest absolute Gasteiger partial charge is 0.269 e. The third-order valence-corrected chi connectivity index (χ3v) is 3.75. The molecule has 0 aliphatic heterocycles. The maximum absolute atomic E-state index is 12.0. The number of hydrogen-bond donors (Lipinski definition) is 3. The number of nitro groups is 1. The molecule has 3 N–H and O–H groups in total. The Morgan fingerprint density at radius 1 is 1.20 bits per heavy atom. The number of nitro benzene ring substituents is 1. The number of nitrogens with zero attached hydrogens (tertiary/aromatic N) is 1. The Kier molecular flexibility index (Phi) is 6.47. The lowest BCUT2D eigenvalue weighted by atomic mass is 10.1. The molecule has 0 aliphatic rings. The second-order valence-corrected chi connectivity index (χ2v) is 5.69. The molecule has 0 aliphatic carbocycles. The normalized spacial score (nSPS) is 10.3. The van der Waals surface area contributed by atoms with Crippen molar-refractivity contribution >= 4 is 23.0 Å². The third kappa shape index (κ3) is 5.58. The predicted octanol–water partition coefficient (Wildman–Crippen LogP) is 3.23. The highest BCUT2D eigenvalue weighted by atomic mass is 16.6. The van der Waals surface area contributed by atoms with Gasteiger partial charge in [0.05, 0.1) is 11.5 Å². The van der Waals surface area contributed by atoms with Gasteiger partial charge in [0.1, 0.15) is 0 Å². The lowest BCUT2D eigenvalue weighted by Crippen LogP contribution is -2.14. The van der Waals surface area contributed by atoms with Crippen molar-refractivity contribution in [2.24, 2.45) is 0 Å². The molecule has 0 unspecified atom stereocenters. The van der Waals surface area contributed by atoms with Crippen LogP contribution in [0.5, 0.6) is 0 Å². The monoisotopic (exact) mass is 343 g/mol. The maximum atomic E-state index is 12.0. The van der Waals surface area contributed by atoms with Gasteiger partial charge in [-0.2, -0.15) is 0 Å². The van der Waals surface area contributed by atoms with E-state index in [-0.39, 0.29) is 18.2 Å². The van der Waals surface area contributed by atoms with Crippen molar-refractivity contribution in [2.75, 3.05) is 17.2 Å². The number of aliphatic hydroxyl groups is 1. The molecule has 0 heterocycles. The lowest BCUT2D eigenvalue weighted by Gasteiger charge is -2.10. The summed E-state index contributed by atoms with van der Waals surface area (Å²) < 4.78 is 0. The van der Waals surface area contributed by atoms with Crippen LogP contribution in [0.15, 0.2) is 42.5 Å². The van der Waals surface area contributed by atoms with Crippen molar-refractivity contribution in [3.63, 3.8) is 0 Å². The largest absolute Gasteiger partial charge is 0.392 e. The van der Waals surface area contributed by atoms with E-state index >= 15 is 0 Å². The minimum Gasteiger partial charge on any atom is -0.392 e. The van der Waals surface area contributed by atoms with E-state index in [1.807, 2.05) is 19.1 Å². The van der Waals surface area contributed by atoms with Crippen molar-refractivity contribution in [2.45, 2.75) is 26.4 Å². The van der Waals surface area contributed by atoms with E-state index in [1.165, 1.54) is 12.1 Å². The van der Waals surface area contributed by atoms with Crippen LogP contribution in [-0.2, 0) is 11.4 Å². The van der Waals surface area contributed by atoms with Crippen LogP contribution in [0.2, 0.25) is 0 Å². The Labute approximate surface area is 145 Å². The fraction of sp³-hybridized carbons (Fsp3) is 0.278. The fourth-order valence-corrected chi connectivity index (χ4v) is 2.30. The number of hydrogen-bond acceptors (Lipinski definition) is 5. The van der Waals surface area contributed by atoms with Crippen molar-refractivity contribution in [1.82, 2.24) is 0 Å². The van der Waals surface area contributed by atoms with Crippen LogP contribution in [0, 0.1) is 17.0 Å². The van der Waals surface area contributed by atoms with Gasteiger partial charge in [-0.1, -0.05) is 12.1 Å². The highest BCUT2D eigenvalue weighted by Crippen LogP contribution is 2.18. The number of aliphatic hydroxyl groups excluding tert-OH is 1. The predicted molar refractivity (Wildman–Crippen MR) is 96.6 cm³/mol. The summed E-state index contributed by atoms with van der Waals surface area (Å²) in [6.07, 6.45) is 0.977. The molecule has 0 saturated heterocycles. The summed E-state index contributed by atoms with van der Waals surface area (Å²) in [5, 5.41) is 25.7. The molecule has 1 amide bonds. The summed E-state index contributed by atoms with van der Waals surface area (Å²) >= 11 is 0. The topological polar surface area (TPSA) is 104 Å². The van der Waals surface area contributed by atoms with E-state index < -0.39 is 4.92 Å². The summed E-state index contributed by atoms with van der Waals surface area (Å²) in [6, 6.07) is 11.6. The molecule has 7 heteroatoms. The number of rotatable bonds is 8. The first-order valence-corrected chi connectivity index (χ1v) is 7.98. The summed E-state index contributed by atoms with van der Waals surface area (Å²) in [5.74, 6) is -0.0938. The Bertz CT molecular complexity index is 744. The first-order chi connectivity index (χ1) is 12.0. The first kappa shape index (κ1) is 18.4. The summed E-state index contributed by atoms with van der Waals surface area (Å²) in [4.78, 5) is 22.2. The highest BCUT2D eigenvalue weighted by Gasteiger charge is 2.06. The van der Waals surface area contributed by atoms with Crippen molar-refractivity contribution in [1.29, 1.82) is 0 Å². The second kappa shape index (κ2) is 8.79. The molecule has 132 valence electrons. The Balaban J connectivity index is 1.76. The number of nitrogens with one attached hydrogen (secondary N) is 2. The average Bonchev–Trinajstić information content (AvgIpc) is 2.61. The molecule has 7 nitrogen and oxygen atoms in total. The summed E-state index contributed by atoms with van der Waals surface area (Å²) in [6.45, 7) is 2.41. The molecule has 2 aromatic rings. The number of non-ortho nitro benzene ring substituents is 1. The molecule has 0 aromatic heterocycles. The molecule has 2 rings (SSSR count). The zero-order valence-electron chi connectivity index (χ0n) is 14.0. The maximum Gasteiger partial charge on any atom is 0.269 e. The van der Waals surface area contributed by atoms with Crippen LogP contribution >= 0.6 is 0 Å². The van der Waals surface area contributed by atoms with Crippen molar-refractivity contribution in [3.05, 3.63) is 63.7 Å². The molecule has 0 fully saturated rings.